The first kappa shape index (κ1) is 11.9. The third kappa shape index (κ3) is 1.77. The van der Waals surface area contributed by atoms with Gasteiger partial charge in [-0.25, -0.2) is 10.2 Å². The highest BCUT2D eigenvalue weighted by Gasteiger charge is 2.12. The van der Waals surface area contributed by atoms with Crippen molar-refractivity contribution in [3.05, 3.63) is 43.0 Å². The maximum Gasteiger partial charge on any atom is 0.192 e. The summed E-state index contributed by atoms with van der Waals surface area (Å²) < 4.78 is 1.76. The average Bonchev–Trinajstić information content (AvgIpc) is 3.12. The highest BCUT2D eigenvalue weighted by Crippen LogP contribution is 2.33. The van der Waals surface area contributed by atoms with Crippen LogP contribution in [0.25, 0.3) is 32.9 Å². The molecule has 0 saturated heterocycles. The molecule has 0 unspecified atom stereocenters. The molecule has 0 amide bonds. The van der Waals surface area contributed by atoms with Crippen LogP contribution < -0.4 is 4.89 Å². The van der Waals surface area contributed by atoms with E-state index in [0.717, 1.165) is 27.3 Å². The Morgan fingerprint density at radius 2 is 2.14 bits per heavy atom. The van der Waals surface area contributed by atoms with E-state index in [0.29, 0.717) is 11.4 Å². The van der Waals surface area contributed by atoms with Crippen LogP contribution in [0.1, 0.15) is 0 Å². The Labute approximate surface area is 119 Å². The fourth-order valence-electron chi connectivity index (χ4n) is 2.60. The number of aromatic nitrogens is 4. The van der Waals surface area contributed by atoms with Crippen LogP contribution in [0.3, 0.4) is 0 Å². The second-order valence-corrected chi connectivity index (χ2v) is 4.93. The molecule has 0 spiro atoms. The lowest BCUT2D eigenvalue weighted by molar-refractivity contribution is -0.136. The molecule has 0 radical (unpaired) electrons. The van der Waals surface area contributed by atoms with E-state index in [2.05, 4.69) is 20.0 Å². The second kappa shape index (κ2) is 4.32. The van der Waals surface area contributed by atoms with Gasteiger partial charge in [-0.05, 0) is 17.0 Å². The number of aryl methyl sites for hydroxylation is 1. The summed E-state index contributed by atoms with van der Waals surface area (Å²) in [5.74, 6) is 0.367. The zero-order valence-corrected chi connectivity index (χ0v) is 11.2. The monoisotopic (exact) mass is 280 g/mol. The maximum absolute atomic E-state index is 9.01. The van der Waals surface area contributed by atoms with E-state index in [-0.39, 0.29) is 0 Å². The summed E-state index contributed by atoms with van der Waals surface area (Å²) >= 11 is 0. The van der Waals surface area contributed by atoms with Crippen molar-refractivity contribution in [3.8, 4) is 16.9 Å². The zero-order valence-electron chi connectivity index (χ0n) is 11.2. The Hall–Kier alpha value is -2.86. The Kier molecular flexibility index (Phi) is 2.45. The summed E-state index contributed by atoms with van der Waals surface area (Å²) in [5, 5.41) is 15.9. The predicted molar refractivity (Wildman–Crippen MR) is 79.1 cm³/mol. The van der Waals surface area contributed by atoms with Gasteiger partial charge >= 0.3 is 0 Å². The fourth-order valence-corrected chi connectivity index (χ4v) is 2.60. The molecule has 6 heteroatoms. The van der Waals surface area contributed by atoms with Crippen LogP contribution in [0.2, 0.25) is 0 Å². The molecule has 0 aliphatic heterocycles. The van der Waals surface area contributed by atoms with Gasteiger partial charge in [0, 0.05) is 36.6 Å². The number of H-pyrrole nitrogens is 1. The van der Waals surface area contributed by atoms with Crippen molar-refractivity contribution in [1.29, 1.82) is 0 Å². The molecule has 0 fully saturated rings. The molecule has 0 aliphatic rings. The summed E-state index contributed by atoms with van der Waals surface area (Å²) in [5.41, 5.74) is 2.76. The van der Waals surface area contributed by atoms with Crippen LogP contribution in [0.5, 0.6) is 5.75 Å². The number of benzene rings is 1. The van der Waals surface area contributed by atoms with Gasteiger partial charge in [-0.1, -0.05) is 12.1 Å². The van der Waals surface area contributed by atoms with Crippen molar-refractivity contribution in [2.75, 3.05) is 0 Å². The summed E-state index contributed by atoms with van der Waals surface area (Å²) in [4.78, 5) is 11.7. The predicted octanol–water partition coefficient (Wildman–Crippen LogP) is 2.97. The van der Waals surface area contributed by atoms with Crippen molar-refractivity contribution in [2.24, 2.45) is 7.05 Å². The minimum absolute atomic E-state index is 0.367. The van der Waals surface area contributed by atoms with E-state index in [1.165, 1.54) is 0 Å². The molecule has 3 heterocycles. The summed E-state index contributed by atoms with van der Waals surface area (Å²) in [6, 6.07) is 6.07. The molecule has 0 saturated carbocycles. The van der Waals surface area contributed by atoms with E-state index in [4.69, 9.17) is 5.26 Å². The van der Waals surface area contributed by atoms with Gasteiger partial charge < -0.3 is 9.87 Å². The third-order valence-corrected chi connectivity index (χ3v) is 3.62. The Balaban J connectivity index is 2.04. The van der Waals surface area contributed by atoms with E-state index in [1.54, 1.807) is 17.1 Å². The standard InChI is InChI=1S/C15H12N4O2/c1-19-8-11(6-18-19)9-2-3-10-5-16-15-14(12(10)4-9)13(21-20)7-17-15/h2-8,20H,1H3,(H,16,17). The van der Waals surface area contributed by atoms with Gasteiger partial charge in [-0.3, -0.25) is 4.68 Å². The normalized spacial score (nSPS) is 11.3. The average molecular weight is 280 g/mol. The van der Waals surface area contributed by atoms with Crippen molar-refractivity contribution >= 4 is 21.8 Å². The van der Waals surface area contributed by atoms with E-state index in [9.17, 15) is 0 Å². The first-order valence-corrected chi connectivity index (χ1v) is 6.46. The molecule has 2 N–H and O–H groups in total. The second-order valence-electron chi connectivity index (χ2n) is 4.93. The largest absolute Gasteiger partial charge is 0.342 e. The number of fused-ring (bicyclic) bond motifs is 3. The fraction of sp³-hybridized carbons (Fsp3) is 0.0667. The molecule has 6 nitrogen and oxygen atoms in total. The molecule has 3 aromatic heterocycles. The SMILES string of the molecule is Cn1cc(-c2ccc3cnc4[nH]cc(OO)c4c3c2)cn1. The van der Waals surface area contributed by atoms with Crippen LogP contribution in [0.15, 0.2) is 43.0 Å². The quantitative estimate of drug-likeness (QED) is 0.437. The first-order valence-electron chi connectivity index (χ1n) is 6.46. The number of rotatable bonds is 2. The zero-order chi connectivity index (χ0) is 14.4. The van der Waals surface area contributed by atoms with Crippen molar-refractivity contribution in [2.45, 2.75) is 0 Å². The number of pyridine rings is 1. The number of nitrogens with one attached hydrogen (secondary N) is 1. The van der Waals surface area contributed by atoms with Gasteiger partial charge in [0.1, 0.15) is 5.65 Å². The molecular formula is C15H12N4O2. The van der Waals surface area contributed by atoms with Crippen LogP contribution in [0.4, 0.5) is 0 Å². The summed E-state index contributed by atoms with van der Waals surface area (Å²) in [7, 11) is 1.89. The van der Waals surface area contributed by atoms with Gasteiger partial charge in [-0.15, -0.1) is 0 Å². The van der Waals surface area contributed by atoms with Crippen LogP contribution >= 0.6 is 0 Å². The van der Waals surface area contributed by atoms with Crippen LogP contribution in [0, 0.1) is 0 Å². The Morgan fingerprint density at radius 1 is 1.24 bits per heavy atom. The molecule has 4 rings (SSSR count). The Morgan fingerprint density at radius 3 is 2.90 bits per heavy atom. The van der Waals surface area contributed by atoms with Crippen molar-refractivity contribution < 1.29 is 10.1 Å². The molecule has 0 aliphatic carbocycles. The van der Waals surface area contributed by atoms with Gasteiger partial charge in [0.25, 0.3) is 0 Å². The van der Waals surface area contributed by atoms with Gasteiger partial charge in [0.15, 0.2) is 5.75 Å². The first-order chi connectivity index (χ1) is 10.3. The topological polar surface area (TPSA) is 76.0 Å². The van der Waals surface area contributed by atoms with Crippen molar-refractivity contribution in [1.82, 2.24) is 19.7 Å². The maximum atomic E-state index is 9.01. The lowest BCUT2D eigenvalue weighted by atomic mass is 10.0. The van der Waals surface area contributed by atoms with Crippen LogP contribution in [-0.2, 0) is 7.05 Å². The van der Waals surface area contributed by atoms with E-state index < -0.39 is 0 Å². The highest BCUT2D eigenvalue weighted by atomic mass is 17.1. The van der Waals surface area contributed by atoms with E-state index in [1.807, 2.05) is 37.6 Å². The molecular weight excluding hydrogens is 268 g/mol. The molecule has 4 aromatic rings. The minimum Gasteiger partial charge on any atom is -0.342 e. The van der Waals surface area contributed by atoms with Gasteiger partial charge in [0.05, 0.1) is 11.6 Å². The van der Waals surface area contributed by atoms with E-state index >= 15 is 0 Å². The minimum atomic E-state index is 0.367. The number of nitrogens with zero attached hydrogens (tertiary/aromatic N) is 3. The van der Waals surface area contributed by atoms with Gasteiger partial charge in [-0.2, -0.15) is 5.10 Å². The van der Waals surface area contributed by atoms with Crippen molar-refractivity contribution in [3.63, 3.8) is 0 Å². The molecule has 104 valence electrons. The molecule has 21 heavy (non-hydrogen) atoms. The van der Waals surface area contributed by atoms with Gasteiger partial charge in [0.2, 0.25) is 0 Å². The smallest absolute Gasteiger partial charge is 0.192 e. The number of aromatic amines is 1. The molecule has 0 atom stereocenters. The lowest BCUT2D eigenvalue weighted by Crippen LogP contribution is -1.85. The summed E-state index contributed by atoms with van der Waals surface area (Å²) in [6.45, 7) is 0. The van der Waals surface area contributed by atoms with Crippen LogP contribution in [-0.4, -0.2) is 25.0 Å². The number of hydrogen-bond acceptors (Lipinski definition) is 4. The Bertz CT molecular complexity index is 955. The number of hydrogen-bond donors (Lipinski definition) is 2. The molecule has 0 bridgehead atoms. The summed E-state index contributed by atoms with van der Waals surface area (Å²) in [6.07, 6.45) is 7.16. The highest BCUT2D eigenvalue weighted by molar-refractivity contribution is 6.09. The third-order valence-electron chi connectivity index (χ3n) is 3.62. The lowest BCUT2D eigenvalue weighted by Gasteiger charge is -2.04. The molecule has 1 aromatic carbocycles.